The van der Waals surface area contributed by atoms with Gasteiger partial charge in [-0.15, -0.1) is 0 Å². The van der Waals surface area contributed by atoms with E-state index in [1.54, 1.807) is 0 Å². The lowest BCUT2D eigenvalue weighted by molar-refractivity contribution is 0.221. The second-order valence-corrected chi connectivity index (χ2v) is 7.22. The van der Waals surface area contributed by atoms with Crippen molar-refractivity contribution in [1.29, 1.82) is 0 Å². The standard InChI is InChI=1S/C17H27BrN2/c1-3-7-20-17(15-6-4-5-13(2)8-15)10-14-9-16(18)12-19-11-14/h9,11-13,15,17,20H,3-8,10H2,1-2H3. The number of pyridine rings is 1. The summed E-state index contributed by atoms with van der Waals surface area (Å²) in [7, 11) is 0. The van der Waals surface area contributed by atoms with Gasteiger partial charge in [-0.25, -0.2) is 0 Å². The average Bonchev–Trinajstić information content (AvgIpc) is 2.43. The Bertz CT molecular complexity index is 408. The molecule has 112 valence electrons. The normalized spacial score (nSPS) is 24.6. The van der Waals surface area contributed by atoms with Crippen LogP contribution in [0, 0.1) is 11.8 Å². The first-order valence-electron chi connectivity index (χ1n) is 8.01. The summed E-state index contributed by atoms with van der Waals surface area (Å²) in [4.78, 5) is 4.30. The van der Waals surface area contributed by atoms with E-state index in [2.05, 4.69) is 46.1 Å². The van der Waals surface area contributed by atoms with Crippen LogP contribution in [-0.2, 0) is 6.42 Å². The number of hydrogen-bond acceptors (Lipinski definition) is 2. The second-order valence-electron chi connectivity index (χ2n) is 6.31. The van der Waals surface area contributed by atoms with Gasteiger partial charge in [0.2, 0.25) is 0 Å². The van der Waals surface area contributed by atoms with E-state index in [9.17, 15) is 0 Å². The molecular formula is C17H27BrN2. The van der Waals surface area contributed by atoms with Gasteiger partial charge in [0.25, 0.3) is 0 Å². The largest absolute Gasteiger partial charge is 0.313 e. The van der Waals surface area contributed by atoms with Crippen molar-refractivity contribution < 1.29 is 0 Å². The zero-order valence-electron chi connectivity index (χ0n) is 12.7. The first-order valence-corrected chi connectivity index (χ1v) is 8.81. The molecule has 1 fully saturated rings. The monoisotopic (exact) mass is 338 g/mol. The molecule has 1 aromatic rings. The maximum absolute atomic E-state index is 4.30. The zero-order valence-corrected chi connectivity index (χ0v) is 14.3. The highest BCUT2D eigenvalue weighted by atomic mass is 79.9. The first kappa shape index (κ1) is 16.0. The Kier molecular flexibility index (Phi) is 6.50. The summed E-state index contributed by atoms with van der Waals surface area (Å²) < 4.78 is 1.08. The van der Waals surface area contributed by atoms with Gasteiger partial charge in [-0.05, 0) is 71.6 Å². The molecule has 3 unspecified atom stereocenters. The van der Waals surface area contributed by atoms with Gasteiger partial charge < -0.3 is 5.32 Å². The number of aromatic nitrogens is 1. The quantitative estimate of drug-likeness (QED) is 0.820. The molecular weight excluding hydrogens is 312 g/mol. The van der Waals surface area contributed by atoms with Crippen LogP contribution in [0.2, 0.25) is 0 Å². The number of hydrogen-bond donors (Lipinski definition) is 1. The van der Waals surface area contributed by atoms with Crippen LogP contribution in [0.5, 0.6) is 0 Å². The summed E-state index contributed by atoms with van der Waals surface area (Å²) in [5.41, 5.74) is 1.34. The Hall–Kier alpha value is -0.410. The maximum Gasteiger partial charge on any atom is 0.0410 e. The molecule has 0 amide bonds. The topological polar surface area (TPSA) is 24.9 Å². The minimum atomic E-state index is 0.605. The third kappa shape index (κ3) is 4.85. The highest BCUT2D eigenvalue weighted by Gasteiger charge is 2.26. The van der Waals surface area contributed by atoms with Crippen LogP contribution in [0.1, 0.15) is 51.5 Å². The summed E-state index contributed by atoms with van der Waals surface area (Å²) in [5.74, 6) is 1.71. The number of rotatable bonds is 6. The van der Waals surface area contributed by atoms with Gasteiger partial charge in [0.15, 0.2) is 0 Å². The molecule has 1 aliphatic rings. The molecule has 1 aliphatic carbocycles. The van der Waals surface area contributed by atoms with Crippen LogP contribution < -0.4 is 5.32 Å². The van der Waals surface area contributed by atoms with Gasteiger partial charge in [-0.1, -0.05) is 26.7 Å². The van der Waals surface area contributed by atoms with Gasteiger partial charge in [-0.3, -0.25) is 4.98 Å². The minimum Gasteiger partial charge on any atom is -0.313 e. The summed E-state index contributed by atoms with van der Waals surface area (Å²) >= 11 is 3.53. The second kappa shape index (κ2) is 8.14. The van der Waals surface area contributed by atoms with Crippen molar-refractivity contribution in [2.24, 2.45) is 11.8 Å². The SMILES string of the molecule is CCCNC(Cc1cncc(Br)c1)C1CCCC(C)C1. The molecule has 1 saturated carbocycles. The van der Waals surface area contributed by atoms with Crippen LogP contribution in [0.15, 0.2) is 22.9 Å². The van der Waals surface area contributed by atoms with E-state index in [1.807, 2.05) is 12.4 Å². The predicted molar refractivity (Wildman–Crippen MR) is 88.8 cm³/mol. The molecule has 0 spiro atoms. The first-order chi connectivity index (χ1) is 9.69. The Balaban J connectivity index is 2.02. The molecule has 2 nitrogen and oxygen atoms in total. The average molecular weight is 339 g/mol. The fourth-order valence-electron chi connectivity index (χ4n) is 3.40. The molecule has 0 radical (unpaired) electrons. The van der Waals surface area contributed by atoms with Gasteiger partial charge in [0.05, 0.1) is 0 Å². The lowest BCUT2D eigenvalue weighted by Gasteiger charge is -2.34. The molecule has 0 aromatic carbocycles. The Morgan fingerprint density at radius 3 is 2.95 bits per heavy atom. The van der Waals surface area contributed by atoms with Crippen molar-refractivity contribution in [1.82, 2.24) is 10.3 Å². The lowest BCUT2D eigenvalue weighted by atomic mass is 9.77. The molecule has 0 bridgehead atoms. The predicted octanol–water partition coefficient (Wildman–Crippen LogP) is 4.58. The fraction of sp³-hybridized carbons (Fsp3) is 0.706. The fourth-order valence-corrected chi connectivity index (χ4v) is 3.82. The molecule has 1 N–H and O–H groups in total. The van der Waals surface area contributed by atoms with Crippen molar-refractivity contribution in [3.8, 4) is 0 Å². The van der Waals surface area contributed by atoms with E-state index in [0.717, 1.165) is 29.3 Å². The molecule has 3 atom stereocenters. The lowest BCUT2D eigenvalue weighted by Crippen LogP contribution is -2.40. The van der Waals surface area contributed by atoms with E-state index in [0.29, 0.717) is 6.04 Å². The van der Waals surface area contributed by atoms with E-state index >= 15 is 0 Å². The summed E-state index contributed by atoms with van der Waals surface area (Å²) in [6.07, 6.45) is 11.7. The molecule has 1 aromatic heterocycles. The summed E-state index contributed by atoms with van der Waals surface area (Å²) in [5, 5.41) is 3.78. The molecule has 2 rings (SSSR count). The van der Waals surface area contributed by atoms with Gasteiger partial charge in [0.1, 0.15) is 0 Å². The van der Waals surface area contributed by atoms with Crippen molar-refractivity contribution in [2.75, 3.05) is 6.54 Å². The Morgan fingerprint density at radius 2 is 2.25 bits per heavy atom. The molecule has 3 heteroatoms. The molecule has 0 aliphatic heterocycles. The van der Waals surface area contributed by atoms with E-state index in [-0.39, 0.29) is 0 Å². The summed E-state index contributed by atoms with van der Waals surface area (Å²) in [6, 6.07) is 2.81. The van der Waals surface area contributed by atoms with Crippen LogP contribution >= 0.6 is 15.9 Å². The van der Waals surface area contributed by atoms with Gasteiger partial charge in [-0.2, -0.15) is 0 Å². The number of halogens is 1. The minimum absolute atomic E-state index is 0.605. The smallest absolute Gasteiger partial charge is 0.0410 e. The third-order valence-electron chi connectivity index (χ3n) is 4.42. The van der Waals surface area contributed by atoms with Crippen LogP contribution in [0.3, 0.4) is 0 Å². The highest BCUT2D eigenvalue weighted by Crippen LogP contribution is 2.32. The van der Waals surface area contributed by atoms with E-state index < -0.39 is 0 Å². The molecule has 1 heterocycles. The van der Waals surface area contributed by atoms with Crippen LogP contribution in [-0.4, -0.2) is 17.6 Å². The maximum atomic E-state index is 4.30. The third-order valence-corrected chi connectivity index (χ3v) is 4.85. The van der Waals surface area contributed by atoms with Gasteiger partial charge >= 0.3 is 0 Å². The van der Waals surface area contributed by atoms with Crippen LogP contribution in [0.4, 0.5) is 0 Å². The van der Waals surface area contributed by atoms with Crippen molar-refractivity contribution in [3.05, 3.63) is 28.5 Å². The van der Waals surface area contributed by atoms with E-state index in [4.69, 9.17) is 0 Å². The highest BCUT2D eigenvalue weighted by molar-refractivity contribution is 9.10. The van der Waals surface area contributed by atoms with Gasteiger partial charge in [0, 0.05) is 22.9 Å². The Morgan fingerprint density at radius 1 is 1.40 bits per heavy atom. The molecule has 20 heavy (non-hydrogen) atoms. The van der Waals surface area contributed by atoms with Crippen molar-refractivity contribution >= 4 is 15.9 Å². The zero-order chi connectivity index (χ0) is 14.4. The van der Waals surface area contributed by atoms with E-state index in [1.165, 1.54) is 37.7 Å². The van der Waals surface area contributed by atoms with Crippen molar-refractivity contribution in [2.45, 2.75) is 58.4 Å². The summed E-state index contributed by atoms with van der Waals surface area (Å²) in [6.45, 7) is 5.77. The van der Waals surface area contributed by atoms with Crippen molar-refractivity contribution in [3.63, 3.8) is 0 Å². The Labute approximate surface area is 131 Å². The number of nitrogens with one attached hydrogen (secondary N) is 1. The molecule has 0 saturated heterocycles. The number of nitrogens with zero attached hydrogens (tertiary/aromatic N) is 1. The van der Waals surface area contributed by atoms with Crippen LogP contribution in [0.25, 0.3) is 0 Å².